The Balaban J connectivity index is 4.48. The maximum atomic E-state index is 12.1. The predicted octanol–water partition coefficient (Wildman–Crippen LogP) is 2.69. The highest BCUT2D eigenvalue weighted by Gasteiger charge is 2.34. The second kappa shape index (κ2) is 5.37. The lowest BCUT2D eigenvalue weighted by Gasteiger charge is -2.26. The molecule has 0 heterocycles. The number of halogens is 3. The fourth-order valence-electron chi connectivity index (χ4n) is 1.14. The highest BCUT2D eigenvalue weighted by molar-refractivity contribution is 5.78. The molecule has 0 aliphatic rings. The van der Waals surface area contributed by atoms with E-state index < -0.39 is 18.6 Å². The Labute approximate surface area is 88.4 Å². The molecular formula is C10H18F3NO. The molecule has 0 saturated carbocycles. The van der Waals surface area contributed by atoms with Crippen LogP contribution in [0.25, 0.3) is 0 Å². The van der Waals surface area contributed by atoms with E-state index >= 15 is 0 Å². The number of nitrogens with zero attached hydrogens (tertiary/aromatic N) is 1. The Bertz CT molecular complexity index is 213. The van der Waals surface area contributed by atoms with E-state index in [0.717, 1.165) is 4.90 Å². The number of rotatable bonds is 4. The summed E-state index contributed by atoms with van der Waals surface area (Å²) in [6, 6.07) is 0. The van der Waals surface area contributed by atoms with Crippen LogP contribution in [0.5, 0.6) is 0 Å². The maximum Gasteiger partial charge on any atom is 0.406 e. The van der Waals surface area contributed by atoms with Crippen molar-refractivity contribution in [2.24, 2.45) is 11.8 Å². The van der Waals surface area contributed by atoms with Gasteiger partial charge in [-0.25, -0.2) is 0 Å². The van der Waals surface area contributed by atoms with Gasteiger partial charge >= 0.3 is 6.18 Å². The van der Waals surface area contributed by atoms with E-state index in [4.69, 9.17) is 0 Å². The van der Waals surface area contributed by atoms with E-state index in [1.54, 1.807) is 13.8 Å². The van der Waals surface area contributed by atoms with E-state index in [-0.39, 0.29) is 18.4 Å². The van der Waals surface area contributed by atoms with E-state index in [9.17, 15) is 18.0 Å². The number of carbonyl (C=O) groups is 1. The van der Waals surface area contributed by atoms with Gasteiger partial charge in [0.05, 0.1) is 0 Å². The minimum Gasteiger partial charge on any atom is -0.334 e. The van der Waals surface area contributed by atoms with Gasteiger partial charge in [0.25, 0.3) is 0 Å². The standard InChI is InChI=1S/C10H18F3NO/c1-5-14(6-10(11,12)13)9(15)8(4)7(2)3/h7-8H,5-6H2,1-4H3. The number of carbonyl (C=O) groups excluding carboxylic acids is 1. The third kappa shape index (κ3) is 5.04. The van der Waals surface area contributed by atoms with Gasteiger partial charge in [-0.1, -0.05) is 20.8 Å². The molecule has 1 amide bonds. The van der Waals surface area contributed by atoms with Gasteiger partial charge in [-0.15, -0.1) is 0 Å². The fourth-order valence-corrected chi connectivity index (χ4v) is 1.14. The Morgan fingerprint density at radius 3 is 2.00 bits per heavy atom. The molecule has 0 rings (SSSR count). The molecule has 0 radical (unpaired) electrons. The fraction of sp³-hybridized carbons (Fsp3) is 0.900. The van der Waals surface area contributed by atoms with Crippen LogP contribution in [-0.4, -0.2) is 30.1 Å². The summed E-state index contributed by atoms with van der Waals surface area (Å²) in [5.74, 6) is -0.739. The van der Waals surface area contributed by atoms with E-state index in [1.807, 2.05) is 13.8 Å². The van der Waals surface area contributed by atoms with Crippen molar-refractivity contribution in [2.45, 2.75) is 33.9 Å². The molecule has 0 aliphatic heterocycles. The first-order chi connectivity index (χ1) is 6.69. The lowest BCUT2D eigenvalue weighted by Crippen LogP contribution is -2.42. The molecule has 0 spiro atoms. The predicted molar refractivity (Wildman–Crippen MR) is 52.3 cm³/mol. The molecule has 0 bridgehead atoms. The van der Waals surface area contributed by atoms with E-state index in [0.29, 0.717) is 0 Å². The van der Waals surface area contributed by atoms with Crippen LogP contribution in [0.4, 0.5) is 13.2 Å². The van der Waals surface area contributed by atoms with Crippen LogP contribution in [0.15, 0.2) is 0 Å². The minimum atomic E-state index is -4.32. The van der Waals surface area contributed by atoms with E-state index in [1.165, 1.54) is 0 Å². The Morgan fingerprint density at radius 2 is 1.73 bits per heavy atom. The molecule has 1 unspecified atom stereocenters. The lowest BCUT2D eigenvalue weighted by molar-refractivity contribution is -0.163. The second-order valence-corrected chi connectivity index (χ2v) is 4.00. The average molecular weight is 225 g/mol. The van der Waals surface area contributed by atoms with Crippen LogP contribution >= 0.6 is 0 Å². The third-order valence-electron chi connectivity index (χ3n) is 2.45. The first kappa shape index (κ1) is 14.3. The van der Waals surface area contributed by atoms with Crippen molar-refractivity contribution in [1.29, 1.82) is 0 Å². The van der Waals surface area contributed by atoms with Gasteiger partial charge < -0.3 is 4.90 Å². The summed E-state index contributed by atoms with van der Waals surface area (Å²) >= 11 is 0. The molecule has 0 aromatic carbocycles. The summed E-state index contributed by atoms with van der Waals surface area (Å²) in [6.45, 7) is 5.80. The monoisotopic (exact) mass is 225 g/mol. The molecule has 0 fully saturated rings. The first-order valence-corrected chi connectivity index (χ1v) is 5.04. The summed E-state index contributed by atoms with van der Waals surface area (Å²) in [6.07, 6.45) is -4.32. The van der Waals surface area contributed by atoms with E-state index in [2.05, 4.69) is 0 Å². The summed E-state index contributed by atoms with van der Waals surface area (Å²) in [7, 11) is 0. The van der Waals surface area contributed by atoms with Gasteiger partial charge in [-0.2, -0.15) is 13.2 Å². The molecule has 1 atom stereocenters. The number of amides is 1. The van der Waals surface area contributed by atoms with Crippen molar-refractivity contribution in [3.8, 4) is 0 Å². The Morgan fingerprint density at radius 1 is 1.27 bits per heavy atom. The van der Waals surface area contributed by atoms with Crippen LogP contribution in [0.2, 0.25) is 0 Å². The van der Waals surface area contributed by atoms with Crippen LogP contribution in [0.1, 0.15) is 27.7 Å². The van der Waals surface area contributed by atoms with Gasteiger partial charge in [0.15, 0.2) is 0 Å². The van der Waals surface area contributed by atoms with Crippen molar-refractivity contribution >= 4 is 5.91 Å². The maximum absolute atomic E-state index is 12.1. The van der Waals surface area contributed by atoms with Gasteiger partial charge in [0.2, 0.25) is 5.91 Å². The number of alkyl halides is 3. The smallest absolute Gasteiger partial charge is 0.334 e. The SMILES string of the molecule is CCN(CC(F)(F)F)C(=O)C(C)C(C)C. The summed E-state index contributed by atoms with van der Waals surface area (Å²) < 4.78 is 36.4. The summed E-state index contributed by atoms with van der Waals surface area (Å²) in [4.78, 5) is 12.5. The molecule has 0 aliphatic carbocycles. The highest BCUT2D eigenvalue weighted by atomic mass is 19.4. The molecule has 0 aromatic rings. The van der Waals surface area contributed by atoms with Crippen LogP contribution in [0, 0.1) is 11.8 Å². The van der Waals surface area contributed by atoms with Gasteiger partial charge in [0, 0.05) is 12.5 Å². The summed E-state index contributed by atoms with van der Waals surface area (Å²) in [5.41, 5.74) is 0. The average Bonchev–Trinajstić information content (AvgIpc) is 2.10. The zero-order valence-corrected chi connectivity index (χ0v) is 9.56. The highest BCUT2D eigenvalue weighted by Crippen LogP contribution is 2.19. The third-order valence-corrected chi connectivity index (χ3v) is 2.45. The van der Waals surface area contributed by atoms with Gasteiger partial charge in [0.1, 0.15) is 6.54 Å². The molecule has 90 valence electrons. The molecular weight excluding hydrogens is 207 g/mol. The Hall–Kier alpha value is -0.740. The lowest BCUT2D eigenvalue weighted by atomic mass is 9.96. The second-order valence-electron chi connectivity index (χ2n) is 4.00. The molecule has 0 N–H and O–H groups in total. The van der Waals surface area contributed by atoms with Crippen molar-refractivity contribution < 1.29 is 18.0 Å². The van der Waals surface area contributed by atoms with Crippen molar-refractivity contribution in [3.05, 3.63) is 0 Å². The van der Waals surface area contributed by atoms with Crippen molar-refractivity contribution in [1.82, 2.24) is 4.90 Å². The van der Waals surface area contributed by atoms with Crippen LogP contribution in [0.3, 0.4) is 0 Å². The first-order valence-electron chi connectivity index (χ1n) is 5.04. The zero-order chi connectivity index (χ0) is 12.2. The zero-order valence-electron chi connectivity index (χ0n) is 9.56. The molecule has 5 heteroatoms. The Kier molecular flexibility index (Phi) is 5.11. The van der Waals surface area contributed by atoms with Gasteiger partial charge in [-0.05, 0) is 12.8 Å². The number of hydrogen-bond donors (Lipinski definition) is 0. The van der Waals surface area contributed by atoms with Crippen LogP contribution in [-0.2, 0) is 4.79 Å². The van der Waals surface area contributed by atoms with Gasteiger partial charge in [-0.3, -0.25) is 4.79 Å². The molecule has 0 aromatic heterocycles. The normalized spacial score (nSPS) is 14.1. The summed E-state index contributed by atoms with van der Waals surface area (Å²) in [5, 5.41) is 0. The number of hydrogen-bond acceptors (Lipinski definition) is 1. The van der Waals surface area contributed by atoms with Crippen LogP contribution < -0.4 is 0 Å². The molecule has 2 nitrogen and oxygen atoms in total. The minimum absolute atomic E-state index is 0.0554. The molecule has 0 saturated heterocycles. The molecule has 15 heavy (non-hydrogen) atoms. The largest absolute Gasteiger partial charge is 0.406 e. The topological polar surface area (TPSA) is 20.3 Å². The van der Waals surface area contributed by atoms with Crippen molar-refractivity contribution in [2.75, 3.05) is 13.1 Å². The quantitative estimate of drug-likeness (QED) is 0.720. The van der Waals surface area contributed by atoms with Crippen molar-refractivity contribution in [3.63, 3.8) is 0 Å².